The van der Waals surface area contributed by atoms with Crippen LogP contribution in [0.5, 0.6) is 0 Å². The van der Waals surface area contributed by atoms with E-state index in [0.717, 1.165) is 77.8 Å². The first-order valence-corrected chi connectivity index (χ1v) is 19.6. The average Bonchev–Trinajstić information content (AvgIpc) is 3.84. The summed E-state index contributed by atoms with van der Waals surface area (Å²) < 4.78 is 8.70. The van der Waals surface area contributed by atoms with E-state index in [0.29, 0.717) is 5.82 Å². The van der Waals surface area contributed by atoms with Gasteiger partial charge in [-0.15, -0.1) is 11.3 Å². The van der Waals surface area contributed by atoms with Crippen molar-refractivity contribution < 1.29 is 4.42 Å². The minimum Gasteiger partial charge on any atom is -0.456 e. The molecule has 0 saturated heterocycles. The highest BCUT2D eigenvalue weighted by Crippen LogP contribution is 2.40. The van der Waals surface area contributed by atoms with Gasteiger partial charge in [0.2, 0.25) is 0 Å². The molecule has 3 aromatic heterocycles. The molecule has 0 aliphatic carbocycles. The lowest BCUT2D eigenvalue weighted by molar-refractivity contribution is 0.669. The lowest BCUT2D eigenvalue weighted by atomic mass is 9.94. The van der Waals surface area contributed by atoms with Crippen molar-refractivity contribution in [1.29, 1.82) is 0 Å². The lowest BCUT2D eigenvalue weighted by Gasteiger charge is -2.13. The Balaban J connectivity index is 1.05. The standard InChI is InChI=1S/C52H32N2OS/c1-3-11-33(12-4-1)39-27-40(38-24-26-51-45(31-38)43-16-8-10-18-50(43)56-51)29-41(28-39)47-32-46(53-52(54-47)36-13-5-2-6-14-36)35-21-19-34(20-22-35)37-23-25-49-44(30-37)42-15-7-9-17-48(42)55-49/h1-32H. The van der Waals surface area contributed by atoms with E-state index in [1.165, 1.54) is 25.7 Å². The Morgan fingerprint density at radius 2 is 0.821 bits per heavy atom. The third kappa shape index (κ3) is 5.76. The summed E-state index contributed by atoms with van der Waals surface area (Å²) in [5, 5.41) is 4.83. The number of hydrogen-bond donors (Lipinski definition) is 0. The molecular weight excluding hydrogens is 701 g/mol. The summed E-state index contributed by atoms with van der Waals surface area (Å²) in [7, 11) is 0. The van der Waals surface area contributed by atoms with E-state index in [1.807, 2.05) is 41.7 Å². The lowest BCUT2D eigenvalue weighted by Crippen LogP contribution is -1.96. The molecular formula is C52H32N2OS. The number of thiophene rings is 1. The van der Waals surface area contributed by atoms with Crippen LogP contribution in [0.3, 0.4) is 0 Å². The highest BCUT2D eigenvalue weighted by Gasteiger charge is 2.15. The number of furan rings is 1. The van der Waals surface area contributed by atoms with Crippen molar-refractivity contribution in [2.45, 2.75) is 0 Å². The fraction of sp³-hybridized carbons (Fsp3) is 0. The Hall–Kier alpha value is -7.14. The SMILES string of the molecule is c1ccc(-c2cc(-c3ccc4sc5ccccc5c4c3)cc(-c3cc(-c4ccc(-c5ccc6oc7ccccc7c6c5)cc4)nc(-c4ccccc4)n3)c2)cc1. The van der Waals surface area contributed by atoms with E-state index in [1.54, 1.807) is 0 Å². The number of nitrogens with zero attached hydrogens (tertiary/aromatic N) is 2. The monoisotopic (exact) mass is 732 g/mol. The van der Waals surface area contributed by atoms with Crippen molar-refractivity contribution in [2.75, 3.05) is 0 Å². The van der Waals surface area contributed by atoms with Crippen LogP contribution in [0.4, 0.5) is 0 Å². The van der Waals surface area contributed by atoms with E-state index >= 15 is 0 Å². The molecule has 3 nitrogen and oxygen atoms in total. The van der Waals surface area contributed by atoms with Gasteiger partial charge in [0.05, 0.1) is 11.4 Å². The Morgan fingerprint density at radius 3 is 1.62 bits per heavy atom. The number of aromatic nitrogens is 2. The highest BCUT2D eigenvalue weighted by atomic mass is 32.1. The van der Waals surface area contributed by atoms with Crippen LogP contribution in [-0.4, -0.2) is 9.97 Å². The Labute approximate surface area is 327 Å². The van der Waals surface area contributed by atoms with Crippen molar-refractivity contribution in [3.8, 4) is 67.3 Å². The number of rotatable bonds is 6. The first kappa shape index (κ1) is 32.3. The second kappa shape index (κ2) is 13.3. The highest BCUT2D eigenvalue weighted by molar-refractivity contribution is 7.25. The van der Waals surface area contributed by atoms with Gasteiger partial charge in [-0.1, -0.05) is 133 Å². The van der Waals surface area contributed by atoms with Crippen molar-refractivity contribution in [1.82, 2.24) is 9.97 Å². The smallest absolute Gasteiger partial charge is 0.160 e. The average molecular weight is 733 g/mol. The zero-order valence-electron chi connectivity index (χ0n) is 30.2. The molecule has 0 N–H and O–H groups in total. The number of benzene rings is 8. The van der Waals surface area contributed by atoms with E-state index in [2.05, 4.69) is 164 Å². The molecule has 0 bridgehead atoms. The molecule has 0 aliphatic heterocycles. The molecule has 0 saturated carbocycles. The normalized spacial score (nSPS) is 11.6. The molecule has 11 aromatic rings. The first-order valence-electron chi connectivity index (χ1n) is 18.8. The molecule has 0 amide bonds. The van der Waals surface area contributed by atoms with Gasteiger partial charge >= 0.3 is 0 Å². The van der Waals surface area contributed by atoms with E-state index in [9.17, 15) is 0 Å². The van der Waals surface area contributed by atoms with Gasteiger partial charge < -0.3 is 4.42 Å². The van der Waals surface area contributed by atoms with Gasteiger partial charge in [0, 0.05) is 47.6 Å². The molecule has 3 heterocycles. The Morgan fingerprint density at radius 1 is 0.304 bits per heavy atom. The van der Waals surface area contributed by atoms with Gasteiger partial charge in [-0.05, 0) is 94.0 Å². The summed E-state index contributed by atoms with van der Waals surface area (Å²) in [5.74, 6) is 0.692. The van der Waals surface area contributed by atoms with E-state index in [-0.39, 0.29) is 0 Å². The number of para-hydroxylation sites is 1. The van der Waals surface area contributed by atoms with Crippen molar-refractivity contribution in [3.05, 3.63) is 194 Å². The summed E-state index contributed by atoms with van der Waals surface area (Å²) in [6.07, 6.45) is 0. The van der Waals surface area contributed by atoms with Gasteiger partial charge in [-0.2, -0.15) is 0 Å². The fourth-order valence-corrected chi connectivity index (χ4v) is 8.93. The largest absolute Gasteiger partial charge is 0.456 e. The van der Waals surface area contributed by atoms with Crippen molar-refractivity contribution in [3.63, 3.8) is 0 Å². The number of fused-ring (bicyclic) bond motifs is 6. The molecule has 0 spiro atoms. The fourth-order valence-electron chi connectivity index (χ4n) is 7.84. The van der Waals surface area contributed by atoms with Gasteiger partial charge in [0.15, 0.2) is 5.82 Å². The van der Waals surface area contributed by atoms with Crippen LogP contribution in [0, 0.1) is 0 Å². The zero-order chi connectivity index (χ0) is 37.0. The van der Waals surface area contributed by atoms with Crippen molar-refractivity contribution in [2.24, 2.45) is 0 Å². The van der Waals surface area contributed by atoms with Crippen LogP contribution in [-0.2, 0) is 0 Å². The maximum atomic E-state index is 6.10. The third-order valence-corrected chi connectivity index (χ3v) is 11.8. The van der Waals surface area contributed by atoms with Gasteiger partial charge in [0.1, 0.15) is 11.2 Å². The first-order chi connectivity index (χ1) is 27.7. The van der Waals surface area contributed by atoms with E-state index in [4.69, 9.17) is 14.4 Å². The van der Waals surface area contributed by atoms with Crippen LogP contribution in [0.15, 0.2) is 199 Å². The van der Waals surface area contributed by atoms with E-state index < -0.39 is 0 Å². The van der Waals surface area contributed by atoms with Crippen LogP contribution >= 0.6 is 11.3 Å². The number of hydrogen-bond acceptors (Lipinski definition) is 4. The van der Waals surface area contributed by atoms with Gasteiger partial charge in [0.25, 0.3) is 0 Å². The molecule has 4 heteroatoms. The van der Waals surface area contributed by atoms with Crippen molar-refractivity contribution >= 4 is 53.4 Å². The molecule has 0 fully saturated rings. The molecule has 56 heavy (non-hydrogen) atoms. The topological polar surface area (TPSA) is 38.9 Å². The summed E-state index contributed by atoms with van der Waals surface area (Å²) in [6, 6.07) is 68.7. The maximum absolute atomic E-state index is 6.10. The molecule has 11 rings (SSSR count). The van der Waals surface area contributed by atoms with Gasteiger partial charge in [-0.3, -0.25) is 0 Å². The van der Waals surface area contributed by atoms with Crippen LogP contribution in [0.25, 0.3) is 109 Å². The second-order valence-electron chi connectivity index (χ2n) is 14.2. The molecule has 0 aliphatic rings. The molecule has 0 radical (unpaired) electrons. The molecule has 8 aromatic carbocycles. The predicted molar refractivity (Wildman–Crippen MR) is 235 cm³/mol. The summed E-state index contributed by atoms with van der Waals surface area (Å²) >= 11 is 1.84. The van der Waals surface area contributed by atoms with Crippen LogP contribution in [0.1, 0.15) is 0 Å². The minimum absolute atomic E-state index is 0.692. The summed E-state index contributed by atoms with van der Waals surface area (Å²) in [6.45, 7) is 0. The maximum Gasteiger partial charge on any atom is 0.160 e. The Bertz CT molecular complexity index is 3240. The predicted octanol–water partition coefficient (Wildman–Crippen LogP) is 14.7. The molecule has 0 atom stereocenters. The Kier molecular flexibility index (Phi) is 7.68. The van der Waals surface area contributed by atoms with Gasteiger partial charge in [-0.25, -0.2) is 9.97 Å². The van der Waals surface area contributed by atoms with Crippen LogP contribution in [0.2, 0.25) is 0 Å². The summed E-state index contributed by atoms with van der Waals surface area (Å²) in [4.78, 5) is 10.4. The molecule has 0 unspecified atom stereocenters. The second-order valence-corrected chi connectivity index (χ2v) is 15.3. The summed E-state index contributed by atoms with van der Waals surface area (Å²) in [5.41, 5.74) is 13.5. The third-order valence-electron chi connectivity index (χ3n) is 10.7. The molecule has 262 valence electrons. The minimum atomic E-state index is 0.692. The quantitative estimate of drug-likeness (QED) is 0.171. The van der Waals surface area contributed by atoms with Crippen LogP contribution < -0.4 is 0 Å². The zero-order valence-corrected chi connectivity index (χ0v) is 31.0.